The lowest BCUT2D eigenvalue weighted by Crippen LogP contribution is -2.05. The number of hydrogen-bond acceptors (Lipinski definition) is 5. The number of esters is 1. The lowest BCUT2D eigenvalue weighted by Gasteiger charge is -2.03. The third kappa shape index (κ3) is 3.06. The number of aryl methyl sites for hydroxylation is 2. The Balaban J connectivity index is 1.99. The molecule has 0 atom stereocenters. The number of benzene rings is 1. The van der Waals surface area contributed by atoms with Gasteiger partial charge in [0.25, 0.3) is 0 Å². The first-order valence-electron chi connectivity index (χ1n) is 6.35. The van der Waals surface area contributed by atoms with Crippen LogP contribution in [0.5, 0.6) is 0 Å². The zero-order valence-corrected chi connectivity index (χ0v) is 14.0. The number of halogens is 2. The van der Waals surface area contributed by atoms with E-state index < -0.39 is 5.97 Å². The number of thiazole rings is 1. The summed E-state index contributed by atoms with van der Waals surface area (Å²) in [6, 6.07) is 5.87. The Morgan fingerprint density at radius 2 is 1.86 bits per heavy atom. The van der Waals surface area contributed by atoms with Crippen molar-refractivity contribution in [3.05, 3.63) is 55.1 Å². The fraction of sp³-hybridized carbons (Fsp3) is 0.133. The van der Waals surface area contributed by atoms with Crippen molar-refractivity contribution in [3.63, 3.8) is 0 Å². The van der Waals surface area contributed by atoms with Gasteiger partial charge in [-0.15, -0.1) is 11.3 Å². The van der Waals surface area contributed by atoms with Crippen LogP contribution >= 0.6 is 34.5 Å². The van der Waals surface area contributed by atoms with E-state index in [2.05, 4.69) is 9.98 Å². The normalized spacial score (nSPS) is 16.1. The molecule has 2 aromatic rings. The summed E-state index contributed by atoms with van der Waals surface area (Å²) in [6.45, 7) is 3.95. The van der Waals surface area contributed by atoms with E-state index in [0.29, 0.717) is 9.34 Å². The number of hydrogen-bond donors (Lipinski definition) is 0. The van der Waals surface area contributed by atoms with E-state index in [1.807, 2.05) is 32.0 Å². The van der Waals surface area contributed by atoms with Crippen molar-refractivity contribution in [1.82, 2.24) is 4.98 Å². The molecule has 2 heterocycles. The highest BCUT2D eigenvalue weighted by molar-refractivity contribution is 7.17. The summed E-state index contributed by atoms with van der Waals surface area (Å²) in [7, 11) is 0. The molecule has 0 aliphatic carbocycles. The van der Waals surface area contributed by atoms with Gasteiger partial charge in [0.15, 0.2) is 10.2 Å². The first-order valence-corrected chi connectivity index (χ1v) is 7.92. The number of aromatic nitrogens is 1. The molecule has 0 unspecified atom stereocenters. The highest BCUT2D eigenvalue weighted by atomic mass is 35.5. The number of rotatable bonds is 2. The minimum Gasteiger partial charge on any atom is -0.402 e. The Labute approximate surface area is 141 Å². The number of nitrogens with zero attached hydrogens (tertiary/aromatic N) is 2. The molecule has 0 saturated heterocycles. The van der Waals surface area contributed by atoms with Crippen LogP contribution in [0.2, 0.25) is 9.62 Å². The van der Waals surface area contributed by atoms with E-state index in [1.54, 1.807) is 0 Å². The monoisotopic (exact) mass is 352 g/mol. The van der Waals surface area contributed by atoms with Crippen LogP contribution in [0.25, 0.3) is 6.08 Å². The second-order valence-corrected chi connectivity index (χ2v) is 6.81. The topological polar surface area (TPSA) is 51.5 Å². The summed E-state index contributed by atoms with van der Waals surface area (Å²) in [4.78, 5) is 20.7. The van der Waals surface area contributed by atoms with Crippen LogP contribution in [0.1, 0.15) is 21.6 Å². The maximum absolute atomic E-state index is 12.0. The highest BCUT2D eigenvalue weighted by Crippen LogP contribution is 2.30. The van der Waals surface area contributed by atoms with E-state index in [9.17, 15) is 4.79 Å². The molecule has 22 heavy (non-hydrogen) atoms. The quantitative estimate of drug-likeness (QED) is 0.594. The van der Waals surface area contributed by atoms with Gasteiger partial charge in [0.1, 0.15) is 5.15 Å². The van der Waals surface area contributed by atoms with Gasteiger partial charge in [-0.25, -0.2) is 14.8 Å². The van der Waals surface area contributed by atoms with Crippen LogP contribution in [0.4, 0.5) is 0 Å². The van der Waals surface area contributed by atoms with Gasteiger partial charge in [0.2, 0.25) is 5.90 Å². The number of carbonyl (C=O) groups is 1. The molecule has 1 aliphatic heterocycles. The molecule has 1 aromatic carbocycles. The Kier molecular flexibility index (Phi) is 4.04. The molecule has 1 aromatic heterocycles. The fourth-order valence-corrected chi connectivity index (χ4v) is 3.43. The second-order valence-electron chi connectivity index (χ2n) is 4.83. The SMILES string of the molecule is Cc1cc(C)cc(C2=N/C(=C/c3sc(Cl)nc3Cl)C(=O)O2)c1. The molecule has 1 aliphatic rings. The smallest absolute Gasteiger partial charge is 0.363 e. The van der Waals surface area contributed by atoms with Gasteiger partial charge in [-0.1, -0.05) is 40.4 Å². The van der Waals surface area contributed by atoms with E-state index in [4.69, 9.17) is 27.9 Å². The minimum absolute atomic E-state index is 0.177. The second kappa shape index (κ2) is 5.83. The first kappa shape index (κ1) is 15.2. The van der Waals surface area contributed by atoms with Crippen molar-refractivity contribution in [2.24, 2.45) is 4.99 Å². The van der Waals surface area contributed by atoms with Crippen molar-refractivity contribution < 1.29 is 9.53 Å². The average molecular weight is 353 g/mol. The van der Waals surface area contributed by atoms with Gasteiger partial charge in [-0.3, -0.25) is 0 Å². The largest absolute Gasteiger partial charge is 0.402 e. The molecule has 7 heteroatoms. The molecule has 3 rings (SSSR count). The van der Waals surface area contributed by atoms with Gasteiger partial charge in [0.05, 0.1) is 4.88 Å². The third-order valence-electron chi connectivity index (χ3n) is 2.94. The van der Waals surface area contributed by atoms with E-state index in [0.717, 1.165) is 16.7 Å². The molecule has 0 saturated carbocycles. The maximum atomic E-state index is 12.0. The molecule has 0 fully saturated rings. The summed E-state index contributed by atoms with van der Waals surface area (Å²) in [5.74, 6) is -0.232. The fourth-order valence-electron chi connectivity index (χ4n) is 2.13. The van der Waals surface area contributed by atoms with Crippen LogP contribution in [0.15, 0.2) is 28.9 Å². The van der Waals surface area contributed by atoms with Crippen LogP contribution < -0.4 is 0 Å². The highest BCUT2D eigenvalue weighted by Gasteiger charge is 2.25. The molecule has 0 spiro atoms. The number of carbonyl (C=O) groups excluding carboxylic acids is 1. The minimum atomic E-state index is -0.519. The Morgan fingerprint density at radius 1 is 1.18 bits per heavy atom. The summed E-state index contributed by atoms with van der Waals surface area (Å²) in [5, 5.41) is 0.241. The zero-order chi connectivity index (χ0) is 15.9. The summed E-state index contributed by atoms with van der Waals surface area (Å²) in [5.41, 5.74) is 3.09. The Hall–Kier alpha value is -1.69. The van der Waals surface area contributed by atoms with Crippen molar-refractivity contribution in [2.45, 2.75) is 13.8 Å². The van der Waals surface area contributed by atoms with E-state index >= 15 is 0 Å². The zero-order valence-electron chi connectivity index (χ0n) is 11.7. The molecule has 0 N–H and O–H groups in total. The lowest BCUT2D eigenvalue weighted by molar-refractivity contribution is -0.129. The molecule has 4 nitrogen and oxygen atoms in total. The van der Waals surface area contributed by atoms with Gasteiger partial charge < -0.3 is 4.74 Å². The average Bonchev–Trinajstić information content (AvgIpc) is 2.93. The first-order chi connectivity index (χ1) is 10.4. The van der Waals surface area contributed by atoms with E-state index in [1.165, 1.54) is 17.4 Å². The maximum Gasteiger partial charge on any atom is 0.363 e. The Bertz CT molecular complexity index is 820. The van der Waals surface area contributed by atoms with Gasteiger partial charge >= 0.3 is 5.97 Å². The standard InChI is InChI=1S/C15H10Cl2N2O2S/c1-7-3-8(2)5-9(4-7)13-18-10(14(20)21-13)6-11-12(16)19-15(17)22-11/h3-6H,1-2H3/b10-6+. The number of aliphatic imine (C=N–C) groups is 1. The summed E-state index contributed by atoms with van der Waals surface area (Å²) >= 11 is 12.9. The molecule has 112 valence electrons. The molecular formula is C15H10Cl2N2O2S. The van der Waals surface area contributed by atoms with Crippen LogP contribution in [-0.4, -0.2) is 16.9 Å². The van der Waals surface area contributed by atoms with Crippen molar-refractivity contribution in [3.8, 4) is 0 Å². The van der Waals surface area contributed by atoms with Crippen molar-refractivity contribution in [2.75, 3.05) is 0 Å². The molecule has 0 bridgehead atoms. The van der Waals surface area contributed by atoms with Crippen molar-refractivity contribution >= 4 is 52.5 Å². The molecule has 0 radical (unpaired) electrons. The van der Waals surface area contributed by atoms with Gasteiger partial charge in [0, 0.05) is 5.56 Å². The van der Waals surface area contributed by atoms with Crippen LogP contribution in [0, 0.1) is 13.8 Å². The van der Waals surface area contributed by atoms with E-state index in [-0.39, 0.29) is 16.7 Å². The van der Waals surface area contributed by atoms with Crippen molar-refractivity contribution in [1.29, 1.82) is 0 Å². The number of cyclic esters (lactones) is 1. The summed E-state index contributed by atoms with van der Waals surface area (Å²) < 4.78 is 5.55. The Morgan fingerprint density at radius 3 is 2.45 bits per heavy atom. The third-order valence-corrected chi connectivity index (χ3v) is 4.45. The van der Waals surface area contributed by atoms with Gasteiger partial charge in [-0.2, -0.15) is 0 Å². The van der Waals surface area contributed by atoms with Crippen LogP contribution in [0.3, 0.4) is 0 Å². The number of ether oxygens (including phenoxy) is 1. The summed E-state index contributed by atoms with van der Waals surface area (Å²) in [6.07, 6.45) is 1.53. The molecular weight excluding hydrogens is 343 g/mol. The van der Waals surface area contributed by atoms with Crippen LogP contribution in [-0.2, 0) is 9.53 Å². The predicted molar refractivity (Wildman–Crippen MR) is 88.7 cm³/mol. The predicted octanol–water partition coefficient (Wildman–Crippen LogP) is 4.41. The van der Waals surface area contributed by atoms with Gasteiger partial charge in [-0.05, 0) is 32.1 Å². The lowest BCUT2D eigenvalue weighted by atomic mass is 10.1. The molecule has 0 amide bonds.